The Balaban J connectivity index is 1.08. The second-order valence-corrected chi connectivity index (χ2v) is 18.2. The van der Waals surface area contributed by atoms with Gasteiger partial charge in [-0.05, 0) is 104 Å². The number of aromatic nitrogens is 1. The molecule has 12 aromatic rings. The fraction of sp³-hybridized carbons (Fsp3) is 0.0164. The number of para-hydroxylation sites is 1. The molecule has 14 rings (SSSR count). The van der Waals surface area contributed by atoms with E-state index in [0.717, 1.165) is 17.1 Å². The number of anilines is 3. The molecule has 1 aromatic heterocycles. The smallest absolute Gasteiger partial charge is 0.0735 e. The average molecular weight is 831 g/mol. The molecule has 2 nitrogen and oxygen atoms in total. The number of fused-ring (bicyclic) bond motifs is 13. The van der Waals surface area contributed by atoms with Gasteiger partial charge in [-0.1, -0.05) is 188 Å². The summed E-state index contributed by atoms with van der Waals surface area (Å²) in [5, 5.41) is 9.86. The van der Waals surface area contributed by atoms with Crippen LogP contribution in [0.1, 0.15) is 22.3 Å². The van der Waals surface area contributed by atoms with Crippen LogP contribution >= 0.6 is 11.8 Å². The molecule has 0 radical (unpaired) electrons. The number of hydrogen-bond donors (Lipinski definition) is 0. The van der Waals surface area contributed by atoms with Gasteiger partial charge in [0.2, 0.25) is 0 Å². The molecule has 64 heavy (non-hydrogen) atoms. The standard InChI is InChI=1S/C61H38N2S/c1-3-20-42-39(16-1)18-13-30-53(42)62(41-34-36-57-48(38-41)45-23-6-10-29-55(45)63(57)54-31-14-19-40-17-2-4-21-43(40)54)56-37-35-46-44-22-5-7-25-49(44)61(52-28-15-24-47(56)60(46)52)50-26-8-11-32-58(50)64-59-33-12-9-27-51(59)61/h1-38H. The molecule has 0 atom stereocenters. The van der Waals surface area contributed by atoms with Crippen molar-refractivity contribution in [3.05, 3.63) is 253 Å². The van der Waals surface area contributed by atoms with Gasteiger partial charge in [-0.2, -0.15) is 0 Å². The van der Waals surface area contributed by atoms with Crippen molar-refractivity contribution in [2.45, 2.75) is 15.2 Å². The average Bonchev–Trinajstić information content (AvgIpc) is 3.69. The lowest BCUT2D eigenvalue weighted by molar-refractivity contribution is 0.707. The molecule has 1 aliphatic carbocycles. The fourth-order valence-electron chi connectivity index (χ4n) is 11.5. The summed E-state index contributed by atoms with van der Waals surface area (Å²) in [5.41, 5.74) is 14.4. The van der Waals surface area contributed by atoms with E-state index in [1.54, 1.807) is 0 Å². The Morgan fingerprint density at radius 3 is 1.73 bits per heavy atom. The van der Waals surface area contributed by atoms with E-state index in [4.69, 9.17) is 0 Å². The topological polar surface area (TPSA) is 8.17 Å². The van der Waals surface area contributed by atoms with E-state index < -0.39 is 5.41 Å². The summed E-state index contributed by atoms with van der Waals surface area (Å²) in [6, 6.07) is 86.0. The van der Waals surface area contributed by atoms with E-state index >= 15 is 0 Å². The maximum atomic E-state index is 2.53. The molecule has 0 saturated heterocycles. The molecule has 0 saturated carbocycles. The van der Waals surface area contributed by atoms with Crippen LogP contribution in [0.3, 0.4) is 0 Å². The number of rotatable bonds is 4. The molecule has 0 N–H and O–H groups in total. The van der Waals surface area contributed by atoms with Gasteiger partial charge in [0.1, 0.15) is 0 Å². The van der Waals surface area contributed by atoms with Crippen LogP contribution in [0.4, 0.5) is 17.1 Å². The zero-order chi connectivity index (χ0) is 41.9. The normalized spacial score (nSPS) is 13.4. The highest BCUT2D eigenvalue weighted by Crippen LogP contribution is 2.62. The van der Waals surface area contributed by atoms with Crippen molar-refractivity contribution in [3.63, 3.8) is 0 Å². The van der Waals surface area contributed by atoms with E-state index in [-0.39, 0.29) is 0 Å². The molecule has 0 bridgehead atoms. The summed E-state index contributed by atoms with van der Waals surface area (Å²) < 4.78 is 2.45. The van der Waals surface area contributed by atoms with E-state index in [2.05, 4.69) is 240 Å². The van der Waals surface area contributed by atoms with Gasteiger partial charge in [-0.3, -0.25) is 0 Å². The summed E-state index contributed by atoms with van der Waals surface area (Å²) in [6.07, 6.45) is 0. The SMILES string of the molecule is c1ccc2c(c1)Sc1ccccc1C21c2ccccc2-c2ccc(N(c3ccc4c(c3)c3ccccc3n4-c3cccc4ccccc34)c3cccc4ccccc34)c3cccc1c23. The number of hydrogen-bond acceptors (Lipinski definition) is 2. The predicted octanol–water partition coefficient (Wildman–Crippen LogP) is 16.5. The highest BCUT2D eigenvalue weighted by molar-refractivity contribution is 7.99. The van der Waals surface area contributed by atoms with Gasteiger partial charge in [0.15, 0.2) is 0 Å². The Bertz CT molecular complexity index is 3860. The summed E-state index contributed by atoms with van der Waals surface area (Å²) in [5.74, 6) is 0. The molecule has 2 aliphatic rings. The van der Waals surface area contributed by atoms with Gasteiger partial charge >= 0.3 is 0 Å². The Morgan fingerprint density at radius 2 is 0.922 bits per heavy atom. The Morgan fingerprint density at radius 1 is 0.359 bits per heavy atom. The zero-order valence-corrected chi connectivity index (χ0v) is 35.6. The molecular formula is C61H38N2S. The van der Waals surface area contributed by atoms with Gasteiger partial charge in [0, 0.05) is 42.4 Å². The van der Waals surface area contributed by atoms with E-state index in [9.17, 15) is 0 Å². The molecule has 1 spiro atoms. The van der Waals surface area contributed by atoms with Crippen LogP contribution in [-0.2, 0) is 5.41 Å². The van der Waals surface area contributed by atoms with Crippen LogP contribution in [0.25, 0.3) is 70.9 Å². The van der Waals surface area contributed by atoms with Crippen molar-refractivity contribution >= 4 is 82.9 Å². The molecule has 0 fully saturated rings. The van der Waals surface area contributed by atoms with Crippen molar-refractivity contribution in [1.82, 2.24) is 4.57 Å². The Kier molecular flexibility index (Phi) is 7.57. The second kappa shape index (κ2) is 13.6. The molecule has 0 amide bonds. The van der Waals surface area contributed by atoms with E-state index in [1.807, 2.05) is 11.8 Å². The van der Waals surface area contributed by atoms with E-state index in [1.165, 1.54) is 103 Å². The maximum absolute atomic E-state index is 2.53. The molecule has 0 unspecified atom stereocenters. The van der Waals surface area contributed by atoms with Crippen LogP contribution in [0.15, 0.2) is 240 Å². The first kappa shape index (κ1) is 35.7. The summed E-state index contributed by atoms with van der Waals surface area (Å²) >= 11 is 1.89. The largest absolute Gasteiger partial charge is 0.309 e. The van der Waals surface area contributed by atoms with Gasteiger partial charge < -0.3 is 9.47 Å². The molecule has 1 aliphatic heterocycles. The minimum Gasteiger partial charge on any atom is -0.309 e. The lowest BCUT2D eigenvalue weighted by Crippen LogP contribution is -2.36. The summed E-state index contributed by atoms with van der Waals surface area (Å²) in [6.45, 7) is 0. The Labute approximate surface area is 375 Å². The summed E-state index contributed by atoms with van der Waals surface area (Å²) in [4.78, 5) is 5.14. The quantitative estimate of drug-likeness (QED) is 0.175. The van der Waals surface area contributed by atoms with Gasteiger partial charge in [0.05, 0.1) is 33.5 Å². The highest BCUT2D eigenvalue weighted by Gasteiger charge is 2.48. The van der Waals surface area contributed by atoms with Crippen molar-refractivity contribution < 1.29 is 0 Å². The minimum absolute atomic E-state index is 0.507. The monoisotopic (exact) mass is 830 g/mol. The summed E-state index contributed by atoms with van der Waals surface area (Å²) in [7, 11) is 0. The third-order valence-electron chi connectivity index (χ3n) is 14.0. The maximum Gasteiger partial charge on any atom is 0.0735 e. The van der Waals surface area contributed by atoms with Crippen LogP contribution in [-0.4, -0.2) is 4.57 Å². The number of benzene rings is 11. The first-order valence-electron chi connectivity index (χ1n) is 22.1. The second-order valence-electron chi connectivity index (χ2n) is 17.1. The van der Waals surface area contributed by atoms with Crippen LogP contribution in [0.5, 0.6) is 0 Å². The van der Waals surface area contributed by atoms with Crippen LogP contribution < -0.4 is 4.90 Å². The molecule has 3 heteroatoms. The van der Waals surface area contributed by atoms with Crippen molar-refractivity contribution in [3.8, 4) is 16.8 Å². The predicted molar refractivity (Wildman–Crippen MR) is 269 cm³/mol. The van der Waals surface area contributed by atoms with Crippen molar-refractivity contribution in [2.24, 2.45) is 0 Å². The molecule has 298 valence electrons. The lowest BCUT2D eigenvalue weighted by Gasteiger charge is -2.46. The number of nitrogens with zero attached hydrogens (tertiary/aromatic N) is 2. The molecular weight excluding hydrogens is 793 g/mol. The van der Waals surface area contributed by atoms with Crippen molar-refractivity contribution in [2.75, 3.05) is 4.90 Å². The van der Waals surface area contributed by atoms with Crippen LogP contribution in [0.2, 0.25) is 0 Å². The van der Waals surface area contributed by atoms with Gasteiger partial charge in [-0.25, -0.2) is 0 Å². The molecule has 2 heterocycles. The molecule has 11 aromatic carbocycles. The van der Waals surface area contributed by atoms with E-state index in [0.29, 0.717) is 0 Å². The third kappa shape index (κ3) is 4.82. The lowest BCUT2D eigenvalue weighted by atomic mass is 9.59. The first-order chi connectivity index (χ1) is 31.8. The van der Waals surface area contributed by atoms with Gasteiger partial charge in [0.25, 0.3) is 0 Å². The zero-order valence-electron chi connectivity index (χ0n) is 34.7. The first-order valence-corrected chi connectivity index (χ1v) is 22.9. The van der Waals surface area contributed by atoms with Crippen LogP contribution in [0, 0.1) is 0 Å². The highest BCUT2D eigenvalue weighted by atomic mass is 32.2. The fourth-order valence-corrected chi connectivity index (χ4v) is 12.7. The third-order valence-corrected chi connectivity index (χ3v) is 15.2. The van der Waals surface area contributed by atoms with Crippen molar-refractivity contribution in [1.29, 1.82) is 0 Å². The minimum atomic E-state index is -0.507. The van der Waals surface area contributed by atoms with Gasteiger partial charge in [-0.15, -0.1) is 0 Å². The Hall–Kier alpha value is -7.85.